The second-order valence-corrected chi connectivity index (χ2v) is 7.48. The zero-order valence-electron chi connectivity index (χ0n) is 13.1. The molecule has 1 unspecified atom stereocenters. The van der Waals surface area contributed by atoms with Crippen molar-refractivity contribution in [3.8, 4) is 5.75 Å². The fourth-order valence-electron chi connectivity index (χ4n) is 2.67. The van der Waals surface area contributed by atoms with Crippen LogP contribution in [0.4, 0.5) is 0 Å². The topological polar surface area (TPSA) is 52.6 Å². The van der Waals surface area contributed by atoms with E-state index in [9.17, 15) is 8.42 Å². The smallest absolute Gasteiger partial charge is 0.296 e. The molecule has 0 fully saturated rings. The van der Waals surface area contributed by atoms with Gasteiger partial charge < -0.3 is 4.74 Å². The van der Waals surface area contributed by atoms with Crippen LogP contribution in [-0.4, -0.2) is 21.6 Å². The van der Waals surface area contributed by atoms with Crippen molar-refractivity contribution >= 4 is 10.1 Å². The first-order valence-electron chi connectivity index (χ1n) is 7.71. The van der Waals surface area contributed by atoms with Gasteiger partial charge in [0.05, 0.1) is 18.1 Å². The van der Waals surface area contributed by atoms with Gasteiger partial charge in [-0.15, -0.1) is 0 Å². The number of ether oxygens (including phenoxy) is 1. The molecule has 122 valence electrons. The molecule has 3 rings (SSSR count). The summed E-state index contributed by atoms with van der Waals surface area (Å²) >= 11 is 0. The van der Waals surface area contributed by atoms with Crippen molar-refractivity contribution in [2.24, 2.45) is 5.92 Å². The predicted octanol–water partition coefficient (Wildman–Crippen LogP) is 3.34. The van der Waals surface area contributed by atoms with E-state index in [2.05, 4.69) is 0 Å². The van der Waals surface area contributed by atoms with Gasteiger partial charge in [0.25, 0.3) is 10.1 Å². The molecule has 2 aromatic rings. The van der Waals surface area contributed by atoms with Gasteiger partial charge in [-0.05, 0) is 49.4 Å². The molecule has 0 saturated carbocycles. The molecule has 0 radical (unpaired) electrons. The number of hydrogen-bond donors (Lipinski definition) is 0. The molecule has 0 spiro atoms. The zero-order valence-corrected chi connectivity index (χ0v) is 13.9. The Morgan fingerprint density at radius 3 is 2.65 bits per heavy atom. The van der Waals surface area contributed by atoms with E-state index in [-0.39, 0.29) is 17.4 Å². The maximum atomic E-state index is 12.1. The zero-order chi connectivity index (χ0) is 16.3. The number of benzene rings is 2. The van der Waals surface area contributed by atoms with Gasteiger partial charge in [-0.3, -0.25) is 4.18 Å². The Morgan fingerprint density at radius 2 is 1.87 bits per heavy atom. The lowest BCUT2D eigenvalue weighted by molar-refractivity contribution is 0.189. The largest absolute Gasteiger partial charge is 0.493 e. The molecule has 1 heterocycles. The first-order valence-corrected chi connectivity index (χ1v) is 9.12. The summed E-state index contributed by atoms with van der Waals surface area (Å²) in [5.74, 6) is 1.20. The van der Waals surface area contributed by atoms with E-state index >= 15 is 0 Å². The van der Waals surface area contributed by atoms with E-state index in [1.807, 2.05) is 31.2 Å². The molecule has 4 nitrogen and oxygen atoms in total. The second kappa shape index (κ2) is 6.72. The lowest BCUT2D eigenvalue weighted by Crippen LogP contribution is -2.22. The van der Waals surface area contributed by atoms with Crippen LogP contribution < -0.4 is 4.74 Å². The summed E-state index contributed by atoms with van der Waals surface area (Å²) in [6.07, 6.45) is 1.55. The molecule has 0 saturated heterocycles. The third kappa shape index (κ3) is 3.92. The average molecular weight is 332 g/mol. The van der Waals surface area contributed by atoms with Crippen molar-refractivity contribution in [2.75, 3.05) is 13.2 Å². The molecule has 0 aromatic heterocycles. The van der Waals surface area contributed by atoms with Crippen LogP contribution in [0, 0.1) is 12.8 Å². The third-order valence-electron chi connectivity index (χ3n) is 4.03. The SMILES string of the molecule is Cc1ccc(S(=O)(=O)OCCC2COc3ccccc3C2)cc1. The molecule has 1 aliphatic rings. The van der Waals surface area contributed by atoms with Crippen LogP contribution in [0.25, 0.3) is 0 Å². The Balaban J connectivity index is 1.55. The monoisotopic (exact) mass is 332 g/mol. The molecule has 23 heavy (non-hydrogen) atoms. The average Bonchev–Trinajstić information content (AvgIpc) is 2.55. The molecule has 2 aromatic carbocycles. The number of hydrogen-bond acceptors (Lipinski definition) is 4. The molecule has 0 N–H and O–H groups in total. The number of aryl methyl sites for hydroxylation is 1. The van der Waals surface area contributed by atoms with Crippen molar-refractivity contribution in [2.45, 2.75) is 24.7 Å². The lowest BCUT2D eigenvalue weighted by Gasteiger charge is -2.25. The van der Waals surface area contributed by atoms with Gasteiger partial charge in [-0.2, -0.15) is 8.42 Å². The summed E-state index contributed by atoms with van der Waals surface area (Å²) in [7, 11) is -3.68. The molecular weight excluding hydrogens is 312 g/mol. The lowest BCUT2D eigenvalue weighted by atomic mass is 9.94. The van der Waals surface area contributed by atoms with E-state index in [1.54, 1.807) is 24.3 Å². The molecular formula is C18H20O4S. The summed E-state index contributed by atoms with van der Waals surface area (Å²) in [6, 6.07) is 14.6. The third-order valence-corrected chi connectivity index (χ3v) is 5.36. The fraction of sp³-hybridized carbons (Fsp3) is 0.333. The van der Waals surface area contributed by atoms with Gasteiger partial charge in [0.15, 0.2) is 0 Å². The Kier molecular flexibility index (Phi) is 4.68. The minimum Gasteiger partial charge on any atom is -0.493 e. The van der Waals surface area contributed by atoms with Gasteiger partial charge in [0, 0.05) is 0 Å². The highest BCUT2D eigenvalue weighted by molar-refractivity contribution is 7.86. The van der Waals surface area contributed by atoms with Gasteiger partial charge >= 0.3 is 0 Å². The fourth-order valence-corrected chi connectivity index (χ4v) is 3.59. The van der Waals surface area contributed by atoms with Crippen LogP contribution in [0.5, 0.6) is 5.75 Å². The van der Waals surface area contributed by atoms with Gasteiger partial charge in [0.1, 0.15) is 5.75 Å². The highest BCUT2D eigenvalue weighted by Crippen LogP contribution is 2.28. The van der Waals surface area contributed by atoms with Crippen LogP contribution in [0.2, 0.25) is 0 Å². The Labute approximate surface area is 137 Å². The maximum Gasteiger partial charge on any atom is 0.296 e. The quantitative estimate of drug-likeness (QED) is 0.788. The minimum atomic E-state index is -3.68. The molecule has 1 aliphatic heterocycles. The first kappa shape index (κ1) is 16.0. The van der Waals surface area contributed by atoms with Crippen molar-refractivity contribution in [1.82, 2.24) is 0 Å². The van der Waals surface area contributed by atoms with Crippen LogP contribution in [0.1, 0.15) is 17.5 Å². The maximum absolute atomic E-state index is 12.1. The van der Waals surface area contributed by atoms with Crippen LogP contribution >= 0.6 is 0 Å². The van der Waals surface area contributed by atoms with Crippen LogP contribution in [0.3, 0.4) is 0 Å². The predicted molar refractivity (Wildman–Crippen MR) is 88.1 cm³/mol. The van der Waals surface area contributed by atoms with Crippen molar-refractivity contribution in [3.63, 3.8) is 0 Å². The van der Waals surface area contributed by atoms with Gasteiger partial charge in [-0.25, -0.2) is 0 Å². The van der Waals surface area contributed by atoms with E-state index in [4.69, 9.17) is 8.92 Å². The summed E-state index contributed by atoms with van der Waals surface area (Å²) in [5, 5.41) is 0. The van der Waals surface area contributed by atoms with E-state index in [0.717, 1.165) is 17.7 Å². The number of fused-ring (bicyclic) bond motifs is 1. The van der Waals surface area contributed by atoms with Crippen molar-refractivity contribution < 1.29 is 17.3 Å². The van der Waals surface area contributed by atoms with Gasteiger partial charge in [-0.1, -0.05) is 35.9 Å². The molecule has 1 atom stereocenters. The molecule has 0 aliphatic carbocycles. The Morgan fingerprint density at radius 1 is 1.13 bits per heavy atom. The summed E-state index contributed by atoms with van der Waals surface area (Å²) in [4.78, 5) is 0.202. The van der Waals surface area contributed by atoms with Gasteiger partial charge in [0.2, 0.25) is 0 Å². The molecule has 0 amide bonds. The van der Waals surface area contributed by atoms with Crippen molar-refractivity contribution in [3.05, 3.63) is 59.7 Å². The normalized spacial score (nSPS) is 17.3. The summed E-state index contributed by atoms with van der Waals surface area (Å²) in [6.45, 7) is 2.69. The number of rotatable bonds is 5. The summed E-state index contributed by atoms with van der Waals surface area (Å²) < 4.78 is 35.1. The Bertz CT molecular complexity index is 766. The standard InChI is InChI=1S/C18H20O4S/c1-14-6-8-17(9-7-14)23(19,20)22-11-10-15-12-16-4-2-3-5-18(16)21-13-15/h2-9,15H,10-13H2,1H3. The highest BCUT2D eigenvalue weighted by atomic mass is 32.2. The molecule has 0 bridgehead atoms. The Hall–Kier alpha value is -1.85. The van der Waals surface area contributed by atoms with E-state index in [0.29, 0.717) is 13.0 Å². The second-order valence-electron chi connectivity index (χ2n) is 5.87. The van der Waals surface area contributed by atoms with Crippen molar-refractivity contribution in [1.29, 1.82) is 0 Å². The van der Waals surface area contributed by atoms with E-state index in [1.165, 1.54) is 5.56 Å². The minimum absolute atomic E-state index is 0.173. The summed E-state index contributed by atoms with van der Waals surface area (Å²) in [5.41, 5.74) is 2.19. The highest BCUT2D eigenvalue weighted by Gasteiger charge is 2.21. The molecule has 5 heteroatoms. The van der Waals surface area contributed by atoms with Crippen LogP contribution in [0.15, 0.2) is 53.4 Å². The number of para-hydroxylation sites is 1. The van der Waals surface area contributed by atoms with Crippen LogP contribution in [-0.2, 0) is 20.7 Å². The van der Waals surface area contributed by atoms with E-state index < -0.39 is 10.1 Å². The first-order chi connectivity index (χ1) is 11.0.